The Bertz CT molecular complexity index is 1290. The van der Waals surface area contributed by atoms with E-state index in [-0.39, 0.29) is 34.7 Å². The summed E-state index contributed by atoms with van der Waals surface area (Å²) in [7, 11) is 5.43. The molecular formula is C26H33N7O5S. The highest BCUT2D eigenvalue weighted by Crippen LogP contribution is 2.28. The number of nitrogens with zero attached hydrogens (tertiary/aromatic N) is 3. The molecule has 2 heterocycles. The first-order chi connectivity index (χ1) is 18.5. The summed E-state index contributed by atoms with van der Waals surface area (Å²) in [5.74, 6) is -1.41. The topological polar surface area (TPSA) is 168 Å². The van der Waals surface area contributed by atoms with E-state index >= 15 is 0 Å². The minimum absolute atomic E-state index is 0.0241. The fourth-order valence-electron chi connectivity index (χ4n) is 4.99. The van der Waals surface area contributed by atoms with E-state index in [0.717, 1.165) is 30.1 Å². The number of carbonyl (C=O) groups excluding carboxylic acids is 3. The summed E-state index contributed by atoms with van der Waals surface area (Å²) in [6, 6.07) is 5.16. The number of aromatic nitrogens is 1. The molecule has 1 aliphatic heterocycles. The molecule has 12 nitrogen and oxygen atoms in total. The summed E-state index contributed by atoms with van der Waals surface area (Å²) in [5.41, 5.74) is 1.44. The Labute approximate surface area is 230 Å². The first-order valence-corrected chi connectivity index (χ1v) is 13.5. The van der Waals surface area contributed by atoms with Gasteiger partial charge in [0.25, 0.3) is 11.8 Å². The van der Waals surface area contributed by atoms with E-state index in [1.54, 1.807) is 31.1 Å². The van der Waals surface area contributed by atoms with Crippen LogP contribution < -0.4 is 16.0 Å². The van der Waals surface area contributed by atoms with Gasteiger partial charge in [-0.2, -0.15) is 0 Å². The highest BCUT2D eigenvalue weighted by Gasteiger charge is 2.37. The molecule has 2 aliphatic rings. The summed E-state index contributed by atoms with van der Waals surface area (Å²) in [5, 5.41) is 25.1. The summed E-state index contributed by atoms with van der Waals surface area (Å²) in [6.45, 7) is 1.64. The van der Waals surface area contributed by atoms with Crippen LogP contribution in [0.25, 0.3) is 0 Å². The zero-order chi connectivity index (χ0) is 28.3. The molecule has 5 N–H and O–H groups in total. The van der Waals surface area contributed by atoms with E-state index in [0.29, 0.717) is 24.3 Å². The molecule has 4 amide bonds. The number of hydrogen-bond acceptors (Lipinski definition) is 8. The number of thiazole rings is 1. The molecule has 4 rings (SSSR count). The molecular weight excluding hydrogens is 522 g/mol. The van der Waals surface area contributed by atoms with E-state index in [4.69, 9.17) is 10.5 Å². The first kappa shape index (κ1) is 28.2. The van der Waals surface area contributed by atoms with Crippen molar-refractivity contribution in [2.24, 2.45) is 5.92 Å². The van der Waals surface area contributed by atoms with Crippen LogP contribution in [-0.4, -0.2) is 89.3 Å². The van der Waals surface area contributed by atoms with Gasteiger partial charge in [0.15, 0.2) is 5.01 Å². The minimum Gasteiger partial charge on any atom is -0.465 e. The Kier molecular flexibility index (Phi) is 8.60. The number of carbonyl (C=O) groups is 4. The van der Waals surface area contributed by atoms with E-state index in [1.807, 2.05) is 12.4 Å². The summed E-state index contributed by atoms with van der Waals surface area (Å²) < 4.78 is 0. The predicted octanol–water partition coefficient (Wildman–Crippen LogP) is 1.51. The Hall–Kier alpha value is -3.84. The number of amidine groups is 1. The normalized spacial score (nSPS) is 20.8. The van der Waals surface area contributed by atoms with Crippen molar-refractivity contribution in [3.05, 3.63) is 51.0 Å². The quantitative estimate of drug-likeness (QED) is 0.266. The number of likely N-dealkylation sites (N-methyl/N-ethyl adjacent to an activating group) is 1. The maximum absolute atomic E-state index is 13.3. The van der Waals surface area contributed by atoms with Crippen LogP contribution in [0.5, 0.6) is 0 Å². The zero-order valence-electron chi connectivity index (χ0n) is 22.1. The number of nitrogens with one attached hydrogen (secondary N) is 4. The number of benzene rings is 1. The van der Waals surface area contributed by atoms with Crippen molar-refractivity contribution in [3.8, 4) is 0 Å². The molecule has 0 radical (unpaired) electrons. The van der Waals surface area contributed by atoms with Crippen LogP contribution in [0.1, 0.15) is 55.6 Å². The number of fused-ring (bicyclic) bond motifs is 1. The molecule has 1 fully saturated rings. The van der Waals surface area contributed by atoms with E-state index in [9.17, 15) is 19.2 Å². The van der Waals surface area contributed by atoms with E-state index in [1.165, 1.54) is 23.5 Å². The molecule has 0 spiro atoms. The van der Waals surface area contributed by atoms with Gasteiger partial charge >= 0.3 is 6.09 Å². The molecule has 3 atom stereocenters. The van der Waals surface area contributed by atoms with Gasteiger partial charge in [-0.1, -0.05) is 12.1 Å². The highest BCUT2D eigenvalue weighted by atomic mass is 32.1. The smallest absolute Gasteiger partial charge is 0.410 e. The van der Waals surface area contributed by atoms with Gasteiger partial charge in [0.05, 0.1) is 11.7 Å². The SMILES string of the molecule is CN1CCc2nc(C(=O)N[C@H]3C[C@@H](C(=O)N(C)C)CC[C@@H]3NC(=O)c3cccc(C(=N)NC(=O)O)c3)sc2C1. The average molecular weight is 556 g/mol. The molecule has 1 aromatic heterocycles. The van der Waals surface area contributed by atoms with Crippen LogP contribution in [0.4, 0.5) is 4.79 Å². The van der Waals surface area contributed by atoms with Crippen LogP contribution in [0.2, 0.25) is 0 Å². The summed E-state index contributed by atoms with van der Waals surface area (Å²) in [6.07, 6.45) is 0.825. The second-order valence-corrected chi connectivity index (χ2v) is 11.2. The van der Waals surface area contributed by atoms with Gasteiger partial charge < -0.3 is 25.5 Å². The second-order valence-electron chi connectivity index (χ2n) is 10.2. The third kappa shape index (κ3) is 6.79. The molecule has 0 bridgehead atoms. The third-order valence-electron chi connectivity index (χ3n) is 7.03. The fourth-order valence-corrected chi connectivity index (χ4v) is 6.08. The van der Waals surface area contributed by atoms with Crippen LogP contribution in [0.3, 0.4) is 0 Å². The largest absolute Gasteiger partial charge is 0.465 e. The lowest BCUT2D eigenvalue weighted by Crippen LogP contribution is -2.55. The minimum atomic E-state index is -1.37. The van der Waals surface area contributed by atoms with Crippen molar-refractivity contribution >= 4 is 41.0 Å². The van der Waals surface area contributed by atoms with Crippen molar-refractivity contribution < 1.29 is 24.3 Å². The number of hydrogen-bond donors (Lipinski definition) is 5. The van der Waals surface area contributed by atoms with Crippen LogP contribution >= 0.6 is 11.3 Å². The Morgan fingerprint density at radius 3 is 2.54 bits per heavy atom. The molecule has 0 unspecified atom stereocenters. The van der Waals surface area contributed by atoms with Crippen molar-refractivity contribution in [2.45, 2.75) is 44.3 Å². The van der Waals surface area contributed by atoms with Crippen molar-refractivity contribution in [2.75, 3.05) is 27.7 Å². The maximum atomic E-state index is 13.3. The third-order valence-corrected chi connectivity index (χ3v) is 8.12. The lowest BCUT2D eigenvalue weighted by atomic mass is 9.81. The molecule has 13 heteroatoms. The van der Waals surface area contributed by atoms with Gasteiger partial charge in [-0.15, -0.1) is 11.3 Å². The van der Waals surface area contributed by atoms with Crippen molar-refractivity contribution in [1.82, 2.24) is 30.7 Å². The van der Waals surface area contributed by atoms with E-state index in [2.05, 4.69) is 20.5 Å². The van der Waals surface area contributed by atoms with Crippen molar-refractivity contribution in [3.63, 3.8) is 0 Å². The molecule has 208 valence electrons. The van der Waals surface area contributed by atoms with Gasteiger partial charge in [0.1, 0.15) is 5.84 Å². The fraction of sp³-hybridized carbons (Fsp3) is 0.462. The second kappa shape index (κ2) is 11.9. The number of amides is 4. The monoisotopic (exact) mass is 555 g/mol. The maximum Gasteiger partial charge on any atom is 0.410 e. The Morgan fingerprint density at radius 2 is 1.82 bits per heavy atom. The van der Waals surface area contributed by atoms with Gasteiger partial charge in [0.2, 0.25) is 5.91 Å². The van der Waals surface area contributed by atoms with E-state index < -0.39 is 24.1 Å². The van der Waals surface area contributed by atoms with Gasteiger partial charge in [-0.3, -0.25) is 25.1 Å². The van der Waals surface area contributed by atoms with Crippen LogP contribution in [0.15, 0.2) is 24.3 Å². The number of carboxylic acid groups (broad SMARTS) is 1. The van der Waals surface area contributed by atoms with Gasteiger partial charge in [-0.25, -0.2) is 9.78 Å². The Balaban J connectivity index is 1.50. The van der Waals surface area contributed by atoms with Gasteiger partial charge in [0, 0.05) is 61.6 Å². The van der Waals surface area contributed by atoms with Crippen molar-refractivity contribution in [1.29, 1.82) is 5.41 Å². The lowest BCUT2D eigenvalue weighted by molar-refractivity contribution is -0.134. The summed E-state index contributed by atoms with van der Waals surface area (Å²) in [4.78, 5) is 59.4. The molecule has 1 saturated carbocycles. The lowest BCUT2D eigenvalue weighted by Gasteiger charge is -2.37. The molecule has 1 aromatic carbocycles. The molecule has 39 heavy (non-hydrogen) atoms. The molecule has 2 aromatic rings. The van der Waals surface area contributed by atoms with Gasteiger partial charge in [-0.05, 0) is 38.4 Å². The highest BCUT2D eigenvalue weighted by molar-refractivity contribution is 7.13. The zero-order valence-corrected chi connectivity index (χ0v) is 22.9. The molecule has 0 saturated heterocycles. The standard InChI is InChI=1S/C26H33N7O5S/c1-32(2)25(36)16-7-8-17(28-22(34)15-6-4-5-14(11-15)21(27)31-26(37)38)19(12-16)29-23(35)24-30-18-9-10-33(3)13-20(18)39-24/h4-6,11,16-17,19H,7-10,12-13H2,1-3H3,(H2,27,31)(H,28,34)(H,29,35)(H,37,38)/t16-,17-,19-/m0/s1. The van der Waals surface area contributed by atoms with Crippen LogP contribution in [-0.2, 0) is 17.8 Å². The predicted molar refractivity (Wildman–Crippen MR) is 145 cm³/mol. The Morgan fingerprint density at radius 1 is 1.10 bits per heavy atom. The number of rotatable bonds is 6. The van der Waals surface area contributed by atoms with Crippen LogP contribution in [0, 0.1) is 11.3 Å². The molecule has 1 aliphatic carbocycles. The summed E-state index contributed by atoms with van der Waals surface area (Å²) >= 11 is 1.37. The average Bonchev–Trinajstić information content (AvgIpc) is 3.32. The first-order valence-electron chi connectivity index (χ1n) is 12.7.